The zero-order chi connectivity index (χ0) is 23.8. The fraction of sp³-hybridized carbons (Fsp3) is 0.0417. The van der Waals surface area contributed by atoms with E-state index in [0.717, 1.165) is 22.6 Å². The van der Waals surface area contributed by atoms with Crippen molar-refractivity contribution in [2.75, 3.05) is 10.6 Å². The summed E-state index contributed by atoms with van der Waals surface area (Å²) in [5.74, 6) is -2.68. The van der Waals surface area contributed by atoms with Gasteiger partial charge in [-0.1, -0.05) is 41.9 Å². The van der Waals surface area contributed by atoms with Crippen molar-refractivity contribution < 1.29 is 23.9 Å². The van der Waals surface area contributed by atoms with Crippen LogP contribution in [0.25, 0.3) is 0 Å². The highest BCUT2D eigenvalue weighted by Gasteiger charge is 2.22. The summed E-state index contributed by atoms with van der Waals surface area (Å²) < 4.78 is 13.4. The number of amides is 2. The van der Waals surface area contributed by atoms with Crippen LogP contribution >= 0.6 is 23.4 Å². The number of halogens is 2. The van der Waals surface area contributed by atoms with E-state index in [1.807, 2.05) is 30.3 Å². The average molecular weight is 485 g/mol. The first-order valence-electron chi connectivity index (χ1n) is 9.61. The van der Waals surface area contributed by atoms with Crippen LogP contribution < -0.4 is 10.6 Å². The minimum absolute atomic E-state index is 0.0902. The first kappa shape index (κ1) is 24.0. The molecule has 2 amide bonds. The van der Waals surface area contributed by atoms with Crippen molar-refractivity contribution in [2.24, 2.45) is 0 Å². The van der Waals surface area contributed by atoms with Gasteiger partial charge in [0, 0.05) is 28.4 Å². The standard InChI is InChI=1S/C24H18ClFN2O4S/c25-19-14-17(8-11-20(19)26)28-24(32)23(15-4-2-1-3-5-15)33-18-9-6-16(7-10-18)27-21(29)12-13-22(30)31/h1-14,23H,(H,27,29)(H,28,32)(H,30,31)/b13-12+. The molecule has 0 heterocycles. The highest BCUT2D eigenvalue weighted by molar-refractivity contribution is 8.00. The minimum Gasteiger partial charge on any atom is -0.478 e. The molecule has 0 aromatic heterocycles. The van der Waals surface area contributed by atoms with E-state index >= 15 is 0 Å². The largest absolute Gasteiger partial charge is 0.478 e. The van der Waals surface area contributed by atoms with Gasteiger partial charge in [-0.25, -0.2) is 9.18 Å². The van der Waals surface area contributed by atoms with Crippen LogP contribution in [0.4, 0.5) is 15.8 Å². The van der Waals surface area contributed by atoms with Crippen LogP contribution in [0.15, 0.2) is 89.8 Å². The predicted octanol–water partition coefficient (Wildman–Crippen LogP) is 5.53. The maximum absolute atomic E-state index is 13.4. The maximum Gasteiger partial charge on any atom is 0.328 e. The van der Waals surface area contributed by atoms with Gasteiger partial charge in [-0.05, 0) is 48.0 Å². The second kappa shape index (κ2) is 11.3. The maximum atomic E-state index is 13.4. The number of hydrogen-bond acceptors (Lipinski definition) is 4. The lowest BCUT2D eigenvalue weighted by Crippen LogP contribution is -2.19. The van der Waals surface area contributed by atoms with E-state index in [1.165, 1.54) is 30.0 Å². The highest BCUT2D eigenvalue weighted by atomic mass is 35.5. The van der Waals surface area contributed by atoms with Gasteiger partial charge in [0.1, 0.15) is 11.1 Å². The van der Waals surface area contributed by atoms with Crippen molar-refractivity contribution in [1.29, 1.82) is 0 Å². The van der Waals surface area contributed by atoms with Crippen molar-refractivity contribution in [1.82, 2.24) is 0 Å². The molecule has 0 fully saturated rings. The van der Waals surface area contributed by atoms with Gasteiger partial charge >= 0.3 is 5.97 Å². The van der Waals surface area contributed by atoms with Gasteiger partial charge in [0.05, 0.1) is 5.02 Å². The van der Waals surface area contributed by atoms with Crippen LogP contribution in [-0.4, -0.2) is 22.9 Å². The topological polar surface area (TPSA) is 95.5 Å². The summed E-state index contributed by atoms with van der Waals surface area (Å²) in [6.07, 6.45) is 1.67. The smallest absolute Gasteiger partial charge is 0.328 e. The molecule has 0 aliphatic rings. The molecular formula is C24H18ClFN2O4S. The Labute approximate surface area is 198 Å². The molecule has 0 spiro atoms. The normalized spacial score (nSPS) is 11.7. The molecule has 3 N–H and O–H groups in total. The second-order valence-electron chi connectivity index (χ2n) is 6.71. The van der Waals surface area contributed by atoms with Crippen LogP contribution in [-0.2, 0) is 14.4 Å². The number of carboxylic acid groups (broad SMARTS) is 1. The van der Waals surface area contributed by atoms with Gasteiger partial charge in [-0.15, -0.1) is 11.8 Å². The number of benzene rings is 3. The third-order valence-corrected chi connectivity index (χ3v) is 5.84. The summed E-state index contributed by atoms with van der Waals surface area (Å²) in [4.78, 5) is 36.0. The lowest BCUT2D eigenvalue weighted by atomic mass is 10.1. The van der Waals surface area contributed by atoms with Crippen molar-refractivity contribution in [3.63, 3.8) is 0 Å². The highest BCUT2D eigenvalue weighted by Crippen LogP contribution is 2.37. The molecule has 0 saturated carbocycles. The van der Waals surface area contributed by atoms with E-state index in [9.17, 15) is 18.8 Å². The fourth-order valence-electron chi connectivity index (χ4n) is 2.77. The van der Waals surface area contributed by atoms with E-state index in [-0.39, 0.29) is 10.9 Å². The molecule has 9 heteroatoms. The molecule has 3 aromatic rings. The molecule has 3 aromatic carbocycles. The van der Waals surface area contributed by atoms with E-state index in [2.05, 4.69) is 10.6 Å². The summed E-state index contributed by atoms with van der Waals surface area (Å²) in [6.45, 7) is 0. The number of carbonyl (C=O) groups excluding carboxylic acids is 2. The van der Waals surface area contributed by atoms with Gasteiger partial charge in [0.25, 0.3) is 0 Å². The van der Waals surface area contributed by atoms with Crippen molar-refractivity contribution in [2.45, 2.75) is 10.1 Å². The van der Waals surface area contributed by atoms with Gasteiger partial charge in [-0.3, -0.25) is 9.59 Å². The van der Waals surface area contributed by atoms with Crippen LogP contribution in [0.5, 0.6) is 0 Å². The molecule has 33 heavy (non-hydrogen) atoms. The Kier molecular flexibility index (Phi) is 8.23. The number of anilines is 2. The Bertz CT molecular complexity index is 1190. The Balaban J connectivity index is 1.75. The molecule has 0 aliphatic heterocycles. The zero-order valence-corrected chi connectivity index (χ0v) is 18.6. The van der Waals surface area contributed by atoms with Gasteiger partial charge in [0.15, 0.2) is 0 Å². The molecule has 0 bridgehead atoms. The van der Waals surface area contributed by atoms with Gasteiger partial charge in [0.2, 0.25) is 11.8 Å². The Morgan fingerprint density at radius 2 is 1.58 bits per heavy atom. The number of nitrogens with one attached hydrogen (secondary N) is 2. The zero-order valence-electron chi connectivity index (χ0n) is 17.0. The van der Waals surface area contributed by atoms with Crippen molar-refractivity contribution in [3.8, 4) is 0 Å². The number of carbonyl (C=O) groups is 3. The molecule has 0 saturated heterocycles. The Morgan fingerprint density at radius 3 is 2.21 bits per heavy atom. The third kappa shape index (κ3) is 7.20. The molecule has 1 atom stereocenters. The molecule has 0 aliphatic carbocycles. The quantitative estimate of drug-likeness (QED) is 0.288. The predicted molar refractivity (Wildman–Crippen MR) is 127 cm³/mol. The lowest BCUT2D eigenvalue weighted by molar-refractivity contribution is -0.131. The van der Waals surface area contributed by atoms with Crippen molar-refractivity contribution >= 4 is 52.5 Å². The number of hydrogen-bond donors (Lipinski definition) is 3. The molecule has 3 rings (SSSR count). The van der Waals surface area contributed by atoms with Crippen LogP contribution in [0.2, 0.25) is 5.02 Å². The molecule has 1 unspecified atom stereocenters. The summed E-state index contributed by atoms with van der Waals surface area (Å²) in [7, 11) is 0. The lowest BCUT2D eigenvalue weighted by Gasteiger charge is -2.17. The number of thioether (sulfide) groups is 1. The second-order valence-corrected chi connectivity index (χ2v) is 8.30. The van der Waals surface area contributed by atoms with Crippen LogP contribution in [0.3, 0.4) is 0 Å². The number of carboxylic acids is 1. The van der Waals surface area contributed by atoms with Gasteiger partial charge < -0.3 is 15.7 Å². The van der Waals surface area contributed by atoms with Gasteiger partial charge in [-0.2, -0.15) is 0 Å². The number of aliphatic carboxylic acids is 1. The number of rotatable bonds is 8. The van der Waals surface area contributed by atoms with E-state index in [0.29, 0.717) is 11.4 Å². The molecule has 168 valence electrons. The Hall–Kier alpha value is -3.62. The third-order valence-electron chi connectivity index (χ3n) is 4.28. The van der Waals surface area contributed by atoms with E-state index in [4.69, 9.17) is 16.7 Å². The first-order chi connectivity index (χ1) is 15.8. The molecular weight excluding hydrogens is 467 g/mol. The summed E-state index contributed by atoms with van der Waals surface area (Å²) in [5, 5.41) is 13.2. The SMILES string of the molecule is O=C(O)/C=C/C(=O)Nc1ccc(SC(C(=O)Nc2ccc(F)c(Cl)c2)c2ccccc2)cc1. The van der Waals surface area contributed by atoms with Crippen LogP contribution in [0.1, 0.15) is 10.8 Å². The molecule has 6 nitrogen and oxygen atoms in total. The Morgan fingerprint density at radius 1 is 0.909 bits per heavy atom. The first-order valence-corrected chi connectivity index (χ1v) is 10.9. The minimum atomic E-state index is -1.22. The fourth-order valence-corrected chi connectivity index (χ4v) is 3.97. The summed E-state index contributed by atoms with van der Waals surface area (Å²) in [5.41, 5.74) is 1.62. The van der Waals surface area contributed by atoms with Crippen LogP contribution in [0, 0.1) is 5.82 Å². The summed E-state index contributed by atoms with van der Waals surface area (Å²) in [6, 6.07) is 19.9. The van der Waals surface area contributed by atoms with E-state index in [1.54, 1.807) is 24.3 Å². The monoisotopic (exact) mass is 484 g/mol. The molecule has 0 radical (unpaired) electrons. The van der Waals surface area contributed by atoms with Crippen molar-refractivity contribution in [3.05, 3.63) is 101 Å². The average Bonchev–Trinajstić information content (AvgIpc) is 2.80. The summed E-state index contributed by atoms with van der Waals surface area (Å²) >= 11 is 7.11. The van der Waals surface area contributed by atoms with E-state index < -0.39 is 22.9 Å².